The largest absolute Gasteiger partial charge is 0.370 e. The fourth-order valence-corrected chi connectivity index (χ4v) is 2.03. The minimum atomic E-state index is -0.0809. The number of hydrogen-bond acceptors (Lipinski definition) is 3. The van der Waals surface area contributed by atoms with Crippen molar-refractivity contribution in [3.63, 3.8) is 0 Å². The van der Waals surface area contributed by atoms with E-state index in [2.05, 4.69) is 38.0 Å². The lowest BCUT2D eigenvalue weighted by atomic mass is 9.90. The van der Waals surface area contributed by atoms with Crippen LogP contribution in [0.4, 0.5) is 5.82 Å². The zero-order valence-corrected chi connectivity index (χ0v) is 14.3. The van der Waals surface area contributed by atoms with E-state index in [1.54, 1.807) is 4.90 Å². The molecular weight excluding hydrogens is 262 g/mol. The number of nitrogens with zero attached hydrogens (tertiary/aromatic N) is 2. The Balaban J connectivity index is 3.10. The van der Waals surface area contributed by atoms with Crippen molar-refractivity contribution in [1.29, 1.82) is 0 Å². The molecule has 0 aliphatic carbocycles. The highest BCUT2D eigenvalue weighted by Gasteiger charge is 2.20. The topological polar surface area (TPSA) is 45.2 Å². The first-order chi connectivity index (χ1) is 9.79. The Morgan fingerprint density at radius 1 is 1.29 bits per heavy atom. The fourth-order valence-electron chi connectivity index (χ4n) is 2.03. The second-order valence-electron chi connectivity index (χ2n) is 6.49. The van der Waals surface area contributed by atoms with Gasteiger partial charge in [0.2, 0.25) is 0 Å². The van der Waals surface area contributed by atoms with E-state index in [0.29, 0.717) is 5.56 Å². The molecule has 1 aromatic heterocycles. The second-order valence-corrected chi connectivity index (χ2v) is 6.49. The average Bonchev–Trinajstić information content (AvgIpc) is 2.43. The maximum Gasteiger partial charge on any atom is 0.253 e. The third-order valence-electron chi connectivity index (χ3n) is 3.39. The van der Waals surface area contributed by atoms with E-state index in [-0.39, 0.29) is 11.3 Å². The van der Waals surface area contributed by atoms with Crippen LogP contribution in [0, 0.1) is 0 Å². The normalized spacial score (nSPS) is 11.3. The van der Waals surface area contributed by atoms with Crippen molar-refractivity contribution in [2.45, 2.75) is 52.9 Å². The van der Waals surface area contributed by atoms with Gasteiger partial charge in [0.1, 0.15) is 5.82 Å². The number of hydrogen-bond donors (Lipinski definition) is 1. The van der Waals surface area contributed by atoms with Gasteiger partial charge in [-0.25, -0.2) is 4.98 Å². The van der Waals surface area contributed by atoms with Gasteiger partial charge in [-0.3, -0.25) is 4.79 Å². The molecule has 118 valence electrons. The summed E-state index contributed by atoms with van der Waals surface area (Å²) in [5.74, 6) is 0.840. The van der Waals surface area contributed by atoms with Gasteiger partial charge in [0, 0.05) is 36.8 Å². The number of pyridine rings is 1. The van der Waals surface area contributed by atoms with E-state index in [9.17, 15) is 4.79 Å². The molecule has 1 amide bonds. The van der Waals surface area contributed by atoms with Gasteiger partial charge >= 0.3 is 0 Å². The second kappa shape index (κ2) is 7.43. The summed E-state index contributed by atoms with van der Waals surface area (Å²) in [5, 5.41) is 3.22. The third kappa shape index (κ3) is 5.03. The Morgan fingerprint density at radius 2 is 1.95 bits per heavy atom. The average molecular weight is 291 g/mol. The van der Waals surface area contributed by atoms with Gasteiger partial charge in [0.15, 0.2) is 0 Å². The lowest BCUT2D eigenvalue weighted by molar-refractivity contribution is 0.0793. The smallest absolute Gasteiger partial charge is 0.253 e. The molecule has 0 aromatic carbocycles. The van der Waals surface area contributed by atoms with Gasteiger partial charge in [0.05, 0.1) is 0 Å². The van der Waals surface area contributed by atoms with Crippen molar-refractivity contribution in [3.8, 4) is 0 Å². The van der Waals surface area contributed by atoms with Crippen LogP contribution in [-0.4, -0.2) is 35.9 Å². The number of unbranched alkanes of at least 4 members (excludes halogenated alkanes) is 1. The van der Waals surface area contributed by atoms with Crippen molar-refractivity contribution in [2.24, 2.45) is 0 Å². The van der Waals surface area contributed by atoms with Crippen LogP contribution in [-0.2, 0) is 5.41 Å². The third-order valence-corrected chi connectivity index (χ3v) is 3.39. The van der Waals surface area contributed by atoms with E-state index < -0.39 is 0 Å². The fraction of sp³-hybridized carbons (Fsp3) is 0.647. The summed E-state index contributed by atoms with van der Waals surface area (Å²) < 4.78 is 0. The molecule has 0 saturated heterocycles. The molecule has 1 aromatic rings. The first-order valence-electron chi connectivity index (χ1n) is 7.81. The lowest BCUT2D eigenvalue weighted by Gasteiger charge is -2.22. The Bertz CT molecular complexity index is 477. The van der Waals surface area contributed by atoms with Crippen LogP contribution in [0.5, 0.6) is 0 Å². The van der Waals surface area contributed by atoms with Gasteiger partial charge in [-0.1, -0.05) is 34.1 Å². The molecule has 1 N–H and O–H groups in total. The highest BCUT2D eigenvalue weighted by Crippen LogP contribution is 2.24. The summed E-state index contributed by atoms with van der Waals surface area (Å²) in [5.41, 5.74) is 1.57. The number of carbonyl (C=O) groups excluding carboxylic acids is 1. The highest BCUT2D eigenvalue weighted by atomic mass is 16.2. The SMILES string of the molecule is CCCCN(C)C(=O)c1cc(NCC)nc(C(C)(C)C)c1. The van der Waals surface area contributed by atoms with E-state index in [0.717, 1.165) is 37.4 Å². The Kier molecular flexibility index (Phi) is 6.19. The maximum atomic E-state index is 12.6. The number of amides is 1. The summed E-state index contributed by atoms with van der Waals surface area (Å²) in [4.78, 5) is 19.0. The number of anilines is 1. The Labute approximate surface area is 129 Å². The standard InChI is InChI=1S/C17H29N3O/c1-7-9-10-20(6)16(21)13-11-14(17(3,4)5)19-15(12-13)18-8-2/h11-12H,7-10H2,1-6H3,(H,18,19). The Hall–Kier alpha value is -1.58. The molecule has 1 heterocycles. The number of rotatable bonds is 6. The Morgan fingerprint density at radius 3 is 2.48 bits per heavy atom. The van der Waals surface area contributed by atoms with Crippen LogP contribution in [0.1, 0.15) is 63.5 Å². The number of carbonyl (C=O) groups is 1. The molecule has 0 spiro atoms. The molecule has 0 aliphatic heterocycles. The van der Waals surface area contributed by atoms with E-state index in [1.807, 2.05) is 26.1 Å². The summed E-state index contributed by atoms with van der Waals surface area (Å²) in [6.07, 6.45) is 2.11. The molecule has 0 unspecified atom stereocenters. The van der Waals surface area contributed by atoms with Crippen LogP contribution >= 0.6 is 0 Å². The summed E-state index contributed by atoms with van der Waals surface area (Å²) in [7, 11) is 1.86. The molecule has 0 saturated carbocycles. The molecule has 4 nitrogen and oxygen atoms in total. The monoisotopic (exact) mass is 291 g/mol. The molecule has 4 heteroatoms. The van der Waals surface area contributed by atoms with Crippen LogP contribution in [0.3, 0.4) is 0 Å². The van der Waals surface area contributed by atoms with Crippen LogP contribution in [0.2, 0.25) is 0 Å². The van der Waals surface area contributed by atoms with Crippen molar-refractivity contribution >= 4 is 11.7 Å². The zero-order chi connectivity index (χ0) is 16.0. The van der Waals surface area contributed by atoms with Crippen LogP contribution in [0.15, 0.2) is 12.1 Å². The molecule has 1 rings (SSSR count). The van der Waals surface area contributed by atoms with E-state index >= 15 is 0 Å². The van der Waals surface area contributed by atoms with Crippen molar-refractivity contribution < 1.29 is 4.79 Å². The van der Waals surface area contributed by atoms with Gasteiger partial charge in [-0.05, 0) is 25.5 Å². The van der Waals surface area contributed by atoms with Gasteiger partial charge in [0.25, 0.3) is 5.91 Å². The van der Waals surface area contributed by atoms with Crippen molar-refractivity contribution in [1.82, 2.24) is 9.88 Å². The number of nitrogens with one attached hydrogen (secondary N) is 1. The summed E-state index contributed by atoms with van der Waals surface area (Å²) >= 11 is 0. The van der Waals surface area contributed by atoms with Crippen LogP contribution < -0.4 is 5.32 Å². The number of aromatic nitrogens is 1. The molecule has 21 heavy (non-hydrogen) atoms. The van der Waals surface area contributed by atoms with E-state index in [4.69, 9.17) is 0 Å². The minimum absolute atomic E-state index is 0.0653. The highest BCUT2D eigenvalue weighted by molar-refractivity contribution is 5.95. The lowest BCUT2D eigenvalue weighted by Crippen LogP contribution is -2.28. The quantitative estimate of drug-likeness (QED) is 0.869. The maximum absolute atomic E-state index is 12.6. The van der Waals surface area contributed by atoms with Gasteiger partial charge in [-0.15, -0.1) is 0 Å². The molecule has 0 bridgehead atoms. The van der Waals surface area contributed by atoms with Crippen LogP contribution in [0.25, 0.3) is 0 Å². The summed E-state index contributed by atoms with van der Waals surface area (Å²) in [6, 6.07) is 3.77. The first kappa shape index (κ1) is 17.5. The first-order valence-corrected chi connectivity index (χ1v) is 7.81. The van der Waals surface area contributed by atoms with Gasteiger partial charge in [-0.2, -0.15) is 0 Å². The summed E-state index contributed by atoms with van der Waals surface area (Å²) in [6.45, 7) is 12.1. The van der Waals surface area contributed by atoms with E-state index in [1.165, 1.54) is 0 Å². The van der Waals surface area contributed by atoms with Gasteiger partial charge < -0.3 is 10.2 Å². The molecule has 0 atom stereocenters. The zero-order valence-electron chi connectivity index (χ0n) is 14.3. The predicted molar refractivity (Wildman–Crippen MR) is 89.0 cm³/mol. The molecule has 0 radical (unpaired) electrons. The molecular formula is C17H29N3O. The minimum Gasteiger partial charge on any atom is -0.370 e. The van der Waals surface area contributed by atoms with Crippen molar-refractivity contribution in [2.75, 3.05) is 25.5 Å². The molecule has 0 aliphatic rings. The molecule has 0 fully saturated rings. The van der Waals surface area contributed by atoms with Crippen molar-refractivity contribution in [3.05, 3.63) is 23.4 Å². The predicted octanol–water partition coefficient (Wildman–Crippen LogP) is 3.68.